The topological polar surface area (TPSA) is 254 Å². The third-order valence-electron chi connectivity index (χ3n) is 6.83. The number of hydrazine groups is 1. The molecule has 286 valence electrons. The van der Waals surface area contributed by atoms with Crippen LogP contribution in [0, 0.1) is 0 Å². The van der Waals surface area contributed by atoms with Crippen LogP contribution in [0.2, 0.25) is 5.02 Å². The van der Waals surface area contributed by atoms with Crippen LogP contribution >= 0.6 is 67.9 Å². The predicted octanol–water partition coefficient (Wildman–Crippen LogP) is 5.23. The molecule has 2 amide bonds. The molecule has 1 atom stereocenters. The van der Waals surface area contributed by atoms with E-state index in [-0.39, 0.29) is 33.4 Å². The number of hydrogen-bond acceptors (Lipinski definition) is 14. The van der Waals surface area contributed by atoms with E-state index in [1.54, 1.807) is 0 Å². The van der Waals surface area contributed by atoms with Gasteiger partial charge in [0, 0.05) is 16.4 Å². The standard InChI is InChI=1S/C32H24Br2ClN7O9S4/c33-24-11-17(12-25(34)29(24)43)15-37-40-30(44)28(38-21-9-5-20(35)6-10-21)31(45)41-42-32(53)39-23-8-4-19(27(14-23)55(49,50)51)2-1-18-3-7-22(36-16-52)13-26(18)54(46,47)48/h1-15,28,38,43H,(H,40,44)(H,41,45)(H2,39,42,53)(H,46,47,48)(H,49,50,51)/p-2/b2-1+,37-15+. The predicted molar refractivity (Wildman–Crippen MR) is 218 cm³/mol. The summed E-state index contributed by atoms with van der Waals surface area (Å²) in [5, 5.41) is 21.3. The highest BCUT2D eigenvalue weighted by atomic mass is 79.9. The summed E-state index contributed by atoms with van der Waals surface area (Å²) >= 11 is 22.0. The Labute approximate surface area is 345 Å². The first-order chi connectivity index (χ1) is 25.8. The van der Waals surface area contributed by atoms with Gasteiger partial charge >= 0.3 is 0 Å². The summed E-state index contributed by atoms with van der Waals surface area (Å²) in [5.41, 5.74) is 7.41. The fourth-order valence-corrected chi connectivity index (χ4v) is 7.36. The van der Waals surface area contributed by atoms with Crippen LogP contribution in [0.1, 0.15) is 16.7 Å². The van der Waals surface area contributed by atoms with Gasteiger partial charge < -0.3 is 24.8 Å². The summed E-state index contributed by atoms with van der Waals surface area (Å²) < 4.78 is 72.9. The van der Waals surface area contributed by atoms with Crippen molar-refractivity contribution in [1.29, 1.82) is 0 Å². The number of aromatic hydroxyl groups is 1. The average molecular weight is 972 g/mol. The molecule has 16 nitrogen and oxygen atoms in total. The molecule has 0 aliphatic carbocycles. The molecule has 23 heteroatoms. The second-order valence-electron chi connectivity index (χ2n) is 10.6. The van der Waals surface area contributed by atoms with Gasteiger partial charge in [0.05, 0.1) is 35.8 Å². The summed E-state index contributed by atoms with van der Waals surface area (Å²) in [6, 6.07) is 14.5. The van der Waals surface area contributed by atoms with Crippen molar-refractivity contribution in [1.82, 2.24) is 16.3 Å². The Morgan fingerprint density at radius 1 is 0.836 bits per heavy atom. The normalized spacial score (nSPS) is 12.1. The number of thiocarbonyl (C=S) groups is 2. The molecule has 0 aromatic heterocycles. The SMILES string of the molecule is O=C(N/N=C/c1cc(Br)c(O)c(Br)c1)C(Nc1ccc(Cl)cc1)C(=O)NNC(=S)Nc1ccc(/C=C/c2ccc(N=C=S)cc2S(=O)(=O)[O-])c(S(=O)(=O)[O-])c1. The quantitative estimate of drug-likeness (QED) is 0.0266. The summed E-state index contributed by atoms with van der Waals surface area (Å²) in [4.78, 5) is 28.6. The maximum Gasteiger partial charge on any atom is 0.272 e. The number of hydrazone groups is 1. The van der Waals surface area contributed by atoms with Crippen molar-refractivity contribution in [3.05, 3.63) is 103 Å². The highest BCUT2D eigenvalue weighted by Gasteiger charge is 2.27. The molecule has 6 N–H and O–H groups in total. The minimum Gasteiger partial charge on any atom is -0.744 e. The third-order valence-corrected chi connectivity index (χ3v) is 10.4. The number of anilines is 2. The Bertz CT molecular complexity index is 2480. The Balaban J connectivity index is 1.49. The summed E-state index contributed by atoms with van der Waals surface area (Å²) in [7, 11) is -10.1. The number of hydrogen-bond donors (Lipinski definition) is 6. The van der Waals surface area contributed by atoms with Gasteiger partial charge in [-0.2, -0.15) is 10.1 Å². The van der Waals surface area contributed by atoms with Gasteiger partial charge in [0.2, 0.25) is 0 Å². The molecule has 0 heterocycles. The van der Waals surface area contributed by atoms with Gasteiger partial charge in [-0.15, -0.1) is 0 Å². The van der Waals surface area contributed by atoms with E-state index in [1.165, 1.54) is 66.9 Å². The van der Waals surface area contributed by atoms with E-state index in [0.29, 0.717) is 25.2 Å². The molecule has 0 radical (unpaired) electrons. The van der Waals surface area contributed by atoms with E-state index < -0.39 is 47.9 Å². The molecular weight excluding hydrogens is 950 g/mol. The maximum absolute atomic E-state index is 13.2. The van der Waals surface area contributed by atoms with Crippen molar-refractivity contribution in [2.45, 2.75) is 15.8 Å². The lowest BCUT2D eigenvalue weighted by atomic mass is 10.1. The van der Waals surface area contributed by atoms with E-state index in [9.17, 15) is 40.6 Å². The number of carbonyl (C=O) groups excluding carboxylic acids is 2. The number of rotatable bonds is 12. The smallest absolute Gasteiger partial charge is 0.272 e. The van der Waals surface area contributed by atoms with Crippen molar-refractivity contribution in [3.8, 4) is 5.75 Å². The van der Waals surface area contributed by atoms with Crippen molar-refractivity contribution < 1.29 is 40.6 Å². The second-order valence-corrected chi connectivity index (χ2v) is 16.1. The minimum absolute atomic E-state index is 0.0287. The first-order valence-corrected chi connectivity index (χ1v) is 20.3. The molecule has 0 saturated carbocycles. The number of benzene rings is 4. The number of aliphatic imine (C=N–C) groups is 1. The molecular formula is C32H22Br2ClN7O9S4-2. The van der Waals surface area contributed by atoms with Crippen molar-refractivity contribution in [2.75, 3.05) is 10.6 Å². The van der Waals surface area contributed by atoms with Gasteiger partial charge in [0.25, 0.3) is 11.8 Å². The monoisotopic (exact) mass is 969 g/mol. The number of nitrogens with zero attached hydrogens (tertiary/aromatic N) is 2. The van der Waals surface area contributed by atoms with Gasteiger partial charge in [-0.25, -0.2) is 22.3 Å². The highest BCUT2D eigenvalue weighted by Crippen LogP contribution is 2.33. The molecule has 4 rings (SSSR count). The van der Waals surface area contributed by atoms with Crippen molar-refractivity contribution in [3.63, 3.8) is 0 Å². The van der Waals surface area contributed by atoms with Gasteiger partial charge in [0.1, 0.15) is 26.0 Å². The Kier molecular flexibility index (Phi) is 14.8. The molecule has 0 bridgehead atoms. The molecule has 1 unspecified atom stereocenters. The number of phenolic OH excluding ortho intramolecular Hbond substituents is 1. The maximum atomic E-state index is 13.2. The molecule has 4 aromatic carbocycles. The van der Waals surface area contributed by atoms with Gasteiger partial charge in [0.15, 0.2) is 11.2 Å². The third kappa shape index (κ3) is 12.4. The number of carbonyl (C=O) groups is 2. The highest BCUT2D eigenvalue weighted by molar-refractivity contribution is 9.11. The fraction of sp³-hybridized carbons (Fsp3) is 0.0312. The van der Waals surface area contributed by atoms with Crippen molar-refractivity contribution in [2.24, 2.45) is 10.1 Å². The zero-order valence-corrected chi connectivity index (χ0v) is 34.3. The Morgan fingerprint density at radius 3 is 1.98 bits per heavy atom. The number of halogens is 3. The molecule has 4 aromatic rings. The average Bonchev–Trinajstić information content (AvgIpc) is 3.11. The molecule has 0 aliphatic heterocycles. The largest absolute Gasteiger partial charge is 0.744 e. The fourth-order valence-electron chi connectivity index (χ4n) is 4.36. The van der Waals surface area contributed by atoms with Gasteiger partial charge in [-0.1, -0.05) is 35.9 Å². The van der Waals surface area contributed by atoms with Gasteiger partial charge in [-0.05, 0) is 134 Å². The van der Waals surface area contributed by atoms with E-state index in [1.807, 2.05) is 5.16 Å². The number of amides is 2. The van der Waals surface area contributed by atoms with E-state index in [4.69, 9.17) is 23.8 Å². The van der Waals surface area contributed by atoms with E-state index in [0.717, 1.165) is 24.3 Å². The van der Waals surface area contributed by atoms with E-state index in [2.05, 4.69) is 81.1 Å². The molecule has 0 fully saturated rings. The van der Waals surface area contributed by atoms with Crippen LogP contribution in [-0.4, -0.2) is 65.4 Å². The lowest BCUT2D eigenvalue weighted by molar-refractivity contribution is -0.130. The summed E-state index contributed by atoms with van der Waals surface area (Å²) in [6.07, 6.45) is 3.50. The number of phenols is 1. The summed E-state index contributed by atoms with van der Waals surface area (Å²) in [6.45, 7) is 0. The van der Waals surface area contributed by atoms with E-state index >= 15 is 0 Å². The zero-order valence-electron chi connectivity index (χ0n) is 27.1. The number of isothiocyanates is 1. The summed E-state index contributed by atoms with van der Waals surface area (Å²) in [5.74, 6) is -1.90. The number of nitrogens with one attached hydrogen (secondary N) is 5. The van der Waals surface area contributed by atoms with Crippen LogP contribution in [-0.2, 0) is 29.8 Å². The van der Waals surface area contributed by atoms with Crippen molar-refractivity contribution >= 4 is 146 Å². The van der Waals surface area contributed by atoms with Crippen LogP contribution < -0.4 is 26.9 Å². The van der Waals surface area contributed by atoms with Crippen LogP contribution in [0.3, 0.4) is 0 Å². The molecule has 0 saturated heterocycles. The van der Waals surface area contributed by atoms with Crippen LogP contribution in [0.5, 0.6) is 5.75 Å². The van der Waals surface area contributed by atoms with Gasteiger partial charge in [-0.3, -0.25) is 20.4 Å². The Hall–Kier alpha value is -4.61. The minimum atomic E-state index is -5.14. The van der Waals surface area contributed by atoms with Crippen LogP contribution in [0.25, 0.3) is 12.2 Å². The molecule has 0 spiro atoms. The molecule has 55 heavy (non-hydrogen) atoms. The van der Waals surface area contributed by atoms with Crippen LogP contribution in [0.4, 0.5) is 17.1 Å². The zero-order chi connectivity index (χ0) is 40.5. The first-order valence-electron chi connectivity index (χ1n) is 14.7. The molecule has 0 aliphatic rings. The second kappa shape index (κ2) is 18.8. The lowest BCUT2D eigenvalue weighted by Crippen LogP contribution is -2.54. The first kappa shape index (κ1) is 43.1. The Morgan fingerprint density at radius 2 is 1.40 bits per heavy atom. The van der Waals surface area contributed by atoms with Crippen LogP contribution in [0.15, 0.2) is 102 Å². The lowest BCUT2D eigenvalue weighted by Gasteiger charge is -2.19.